The van der Waals surface area contributed by atoms with Gasteiger partial charge in [0.05, 0.1) is 11.2 Å². The van der Waals surface area contributed by atoms with Gasteiger partial charge < -0.3 is 11.1 Å². The van der Waals surface area contributed by atoms with Crippen LogP contribution in [0.1, 0.15) is 11.1 Å². The summed E-state index contributed by atoms with van der Waals surface area (Å²) in [5, 5.41) is 4.42. The van der Waals surface area contributed by atoms with Crippen molar-refractivity contribution in [3.05, 3.63) is 65.9 Å². The summed E-state index contributed by atoms with van der Waals surface area (Å²) in [5.41, 5.74) is 11.2. The van der Waals surface area contributed by atoms with E-state index in [4.69, 9.17) is 5.73 Å². The molecule has 0 saturated heterocycles. The molecule has 0 aliphatic carbocycles. The SMILES string of the molecule is Cc1ccc(CNc2ccc(N)c3cccnc23)cc1. The van der Waals surface area contributed by atoms with Gasteiger partial charge in [0.1, 0.15) is 0 Å². The molecule has 0 aliphatic rings. The molecule has 3 rings (SSSR count). The normalized spacial score (nSPS) is 10.7. The number of benzene rings is 2. The topological polar surface area (TPSA) is 50.9 Å². The van der Waals surface area contributed by atoms with Crippen LogP contribution in [0.4, 0.5) is 11.4 Å². The van der Waals surface area contributed by atoms with E-state index < -0.39 is 0 Å². The molecular formula is C17H17N3. The highest BCUT2D eigenvalue weighted by atomic mass is 14.9. The van der Waals surface area contributed by atoms with Crippen LogP contribution in [0.3, 0.4) is 0 Å². The lowest BCUT2D eigenvalue weighted by atomic mass is 10.1. The summed E-state index contributed by atoms with van der Waals surface area (Å²) < 4.78 is 0. The highest BCUT2D eigenvalue weighted by Crippen LogP contribution is 2.26. The highest BCUT2D eigenvalue weighted by molar-refractivity contribution is 5.98. The van der Waals surface area contributed by atoms with Gasteiger partial charge in [0.15, 0.2) is 0 Å². The van der Waals surface area contributed by atoms with Crippen LogP contribution in [0.15, 0.2) is 54.7 Å². The summed E-state index contributed by atoms with van der Waals surface area (Å²) >= 11 is 0. The van der Waals surface area contributed by atoms with E-state index in [0.29, 0.717) is 0 Å². The van der Waals surface area contributed by atoms with E-state index in [2.05, 4.69) is 41.5 Å². The molecule has 0 atom stereocenters. The first-order valence-corrected chi connectivity index (χ1v) is 6.66. The molecule has 3 N–H and O–H groups in total. The number of fused-ring (bicyclic) bond motifs is 1. The minimum absolute atomic E-state index is 0.758. The number of nitrogen functional groups attached to an aromatic ring is 1. The number of rotatable bonds is 3. The van der Waals surface area contributed by atoms with Gasteiger partial charge in [-0.25, -0.2) is 0 Å². The Kier molecular flexibility index (Phi) is 3.25. The van der Waals surface area contributed by atoms with Crippen molar-refractivity contribution in [2.45, 2.75) is 13.5 Å². The second-order valence-electron chi connectivity index (χ2n) is 4.94. The molecule has 20 heavy (non-hydrogen) atoms. The lowest BCUT2D eigenvalue weighted by Gasteiger charge is -2.10. The molecular weight excluding hydrogens is 246 g/mol. The molecule has 100 valence electrons. The molecule has 0 bridgehead atoms. The fourth-order valence-corrected chi connectivity index (χ4v) is 2.24. The zero-order valence-corrected chi connectivity index (χ0v) is 11.4. The molecule has 3 nitrogen and oxygen atoms in total. The molecule has 0 unspecified atom stereocenters. The predicted octanol–water partition coefficient (Wildman–Crippen LogP) is 3.74. The number of anilines is 2. The highest BCUT2D eigenvalue weighted by Gasteiger charge is 2.04. The van der Waals surface area contributed by atoms with Crippen molar-refractivity contribution in [3.8, 4) is 0 Å². The molecule has 3 heteroatoms. The standard InChI is InChI=1S/C17H17N3/c1-12-4-6-13(7-5-12)11-20-16-9-8-15(18)14-3-2-10-19-17(14)16/h2-10,20H,11,18H2,1H3. The first-order chi connectivity index (χ1) is 9.74. The Bertz CT molecular complexity index is 733. The van der Waals surface area contributed by atoms with Crippen LogP contribution in [0.25, 0.3) is 10.9 Å². The number of aryl methyl sites for hydroxylation is 1. The molecule has 0 saturated carbocycles. The molecule has 1 aromatic heterocycles. The third-order valence-electron chi connectivity index (χ3n) is 3.41. The van der Waals surface area contributed by atoms with Crippen LogP contribution in [0, 0.1) is 6.92 Å². The molecule has 0 amide bonds. The maximum atomic E-state index is 5.98. The van der Waals surface area contributed by atoms with E-state index in [0.717, 1.165) is 28.8 Å². The molecule has 0 fully saturated rings. The largest absolute Gasteiger partial charge is 0.398 e. The van der Waals surface area contributed by atoms with Crippen LogP contribution in [0.5, 0.6) is 0 Å². The van der Waals surface area contributed by atoms with Gasteiger partial charge in [-0.3, -0.25) is 4.98 Å². The van der Waals surface area contributed by atoms with Crippen molar-refractivity contribution in [1.82, 2.24) is 4.98 Å². The average molecular weight is 263 g/mol. The smallest absolute Gasteiger partial charge is 0.0953 e. The number of pyridine rings is 1. The predicted molar refractivity (Wildman–Crippen MR) is 84.7 cm³/mol. The molecule has 3 aromatic rings. The van der Waals surface area contributed by atoms with Gasteiger partial charge in [-0.15, -0.1) is 0 Å². The van der Waals surface area contributed by atoms with Crippen LogP contribution < -0.4 is 11.1 Å². The Morgan fingerprint density at radius 2 is 1.85 bits per heavy atom. The maximum absolute atomic E-state index is 5.98. The molecule has 0 aliphatic heterocycles. The van der Waals surface area contributed by atoms with Gasteiger partial charge in [-0.05, 0) is 36.8 Å². The minimum atomic E-state index is 0.758. The van der Waals surface area contributed by atoms with Crippen molar-refractivity contribution >= 4 is 22.3 Å². The van der Waals surface area contributed by atoms with E-state index in [1.165, 1.54) is 11.1 Å². The minimum Gasteiger partial charge on any atom is -0.398 e. The second kappa shape index (κ2) is 5.21. The molecule has 0 spiro atoms. The monoisotopic (exact) mass is 263 g/mol. The van der Waals surface area contributed by atoms with Crippen LogP contribution in [-0.2, 0) is 6.54 Å². The van der Waals surface area contributed by atoms with E-state index >= 15 is 0 Å². The number of hydrogen-bond donors (Lipinski definition) is 2. The van der Waals surface area contributed by atoms with Gasteiger partial charge in [0.2, 0.25) is 0 Å². The summed E-state index contributed by atoms with van der Waals surface area (Å²) in [5.74, 6) is 0. The van der Waals surface area contributed by atoms with Crippen LogP contribution in [-0.4, -0.2) is 4.98 Å². The first-order valence-electron chi connectivity index (χ1n) is 6.66. The zero-order chi connectivity index (χ0) is 13.9. The Morgan fingerprint density at radius 3 is 2.65 bits per heavy atom. The van der Waals surface area contributed by atoms with E-state index in [1.54, 1.807) is 6.20 Å². The lowest BCUT2D eigenvalue weighted by Crippen LogP contribution is -2.01. The Morgan fingerprint density at radius 1 is 1.05 bits per heavy atom. The third kappa shape index (κ3) is 2.43. The summed E-state index contributed by atoms with van der Waals surface area (Å²) in [4.78, 5) is 4.43. The number of nitrogens with zero attached hydrogens (tertiary/aromatic N) is 1. The van der Waals surface area contributed by atoms with E-state index in [1.807, 2.05) is 24.3 Å². The molecule has 1 heterocycles. The fourth-order valence-electron chi connectivity index (χ4n) is 2.24. The van der Waals surface area contributed by atoms with Gasteiger partial charge in [-0.1, -0.05) is 29.8 Å². The van der Waals surface area contributed by atoms with Crippen molar-refractivity contribution in [2.75, 3.05) is 11.1 Å². The Labute approximate surface area is 118 Å². The van der Waals surface area contributed by atoms with Crippen molar-refractivity contribution in [3.63, 3.8) is 0 Å². The fraction of sp³-hybridized carbons (Fsp3) is 0.118. The lowest BCUT2D eigenvalue weighted by molar-refractivity contribution is 1.15. The summed E-state index contributed by atoms with van der Waals surface area (Å²) in [6, 6.07) is 16.3. The van der Waals surface area contributed by atoms with Crippen molar-refractivity contribution in [2.24, 2.45) is 0 Å². The maximum Gasteiger partial charge on any atom is 0.0953 e. The zero-order valence-electron chi connectivity index (χ0n) is 11.4. The summed E-state index contributed by atoms with van der Waals surface area (Å²) in [6.45, 7) is 2.87. The third-order valence-corrected chi connectivity index (χ3v) is 3.41. The van der Waals surface area contributed by atoms with Gasteiger partial charge in [0.25, 0.3) is 0 Å². The van der Waals surface area contributed by atoms with Crippen LogP contribution in [0.2, 0.25) is 0 Å². The van der Waals surface area contributed by atoms with E-state index in [-0.39, 0.29) is 0 Å². The Hall–Kier alpha value is -2.55. The molecule has 2 aromatic carbocycles. The summed E-state index contributed by atoms with van der Waals surface area (Å²) in [6.07, 6.45) is 1.79. The second-order valence-corrected chi connectivity index (χ2v) is 4.94. The number of nitrogens with one attached hydrogen (secondary N) is 1. The number of hydrogen-bond acceptors (Lipinski definition) is 3. The van der Waals surface area contributed by atoms with E-state index in [9.17, 15) is 0 Å². The molecule has 0 radical (unpaired) electrons. The number of aromatic nitrogens is 1. The van der Waals surface area contributed by atoms with Gasteiger partial charge >= 0.3 is 0 Å². The van der Waals surface area contributed by atoms with Crippen molar-refractivity contribution in [1.29, 1.82) is 0 Å². The van der Waals surface area contributed by atoms with Gasteiger partial charge in [0, 0.05) is 23.8 Å². The number of nitrogens with two attached hydrogens (primary N) is 1. The first kappa shape index (κ1) is 12.5. The van der Waals surface area contributed by atoms with Gasteiger partial charge in [-0.2, -0.15) is 0 Å². The quantitative estimate of drug-likeness (QED) is 0.708. The Balaban J connectivity index is 1.88. The summed E-state index contributed by atoms with van der Waals surface area (Å²) in [7, 11) is 0. The average Bonchev–Trinajstić information content (AvgIpc) is 2.49. The van der Waals surface area contributed by atoms with Crippen LogP contribution >= 0.6 is 0 Å². The van der Waals surface area contributed by atoms with Crippen molar-refractivity contribution < 1.29 is 0 Å².